The fourth-order valence-corrected chi connectivity index (χ4v) is 4.33. The molecule has 1 N–H and O–H groups in total. The molecular weight excluding hydrogens is 359 g/mol. The summed E-state index contributed by atoms with van der Waals surface area (Å²) in [6.07, 6.45) is 1.72. The van der Waals surface area contributed by atoms with Crippen molar-refractivity contribution in [2.24, 2.45) is 0 Å². The Balaban J connectivity index is 2.23. The minimum absolute atomic E-state index is 0.0275. The van der Waals surface area contributed by atoms with Crippen molar-refractivity contribution in [1.82, 2.24) is 4.37 Å². The van der Waals surface area contributed by atoms with Crippen molar-refractivity contribution in [3.05, 3.63) is 47.9 Å². The van der Waals surface area contributed by atoms with E-state index in [1.54, 1.807) is 32.2 Å². The number of carboxylic acid groups (broad SMARTS) is 1. The summed E-state index contributed by atoms with van der Waals surface area (Å²) < 4.78 is 18.1. The topological polar surface area (TPSA) is 74.0 Å². The summed E-state index contributed by atoms with van der Waals surface area (Å²) in [5, 5.41) is 19.2. The van der Waals surface area contributed by atoms with Gasteiger partial charge in [0.05, 0.1) is 10.3 Å². The number of aliphatic carboxylic acids is 1. The lowest BCUT2D eigenvalue weighted by Gasteiger charge is -2.21. The highest BCUT2D eigenvalue weighted by Crippen LogP contribution is 2.43. The standard InChI is InChI=1S/C18H13FN2O2S2/c1-18(2,17(22)23)24-14-6-5-12-9-21-25-16(12)15(14)10-3-4-11(8-20)13(19)7-10/h3-7,9H,1-2H3,(H,22,23). The Bertz CT molecular complexity index is 1020. The second-order valence-electron chi connectivity index (χ2n) is 5.91. The molecule has 0 saturated carbocycles. The fourth-order valence-electron chi connectivity index (χ4n) is 2.35. The maximum Gasteiger partial charge on any atom is 0.319 e. The van der Waals surface area contributed by atoms with Crippen LogP contribution in [0, 0.1) is 17.1 Å². The molecule has 0 saturated heterocycles. The molecule has 0 fully saturated rings. The fraction of sp³-hybridized carbons (Fsp3) is 0.167. The van der Waals surface area contributed by atoms with Gasteiger partial charge in [0.25, 0.3) is 0 Å². The van der Waals surface area contributed by atoms with Gasteiger partial charge in [-0.2, -0.15) is 9.64 Å². The Morgan fingerprint density at radius 2 is 2.12 bits per heavy atom. The molecule has 0 unspecified atom stereocenters. The lowest BCUT2D eigenvalue weighted by atomic mass is 10.0. The maximum atomic E-state index is 14.1. The van der Waals surface area contributed by atoms with Crippen LogP contribution in [0.3, 0.4) is 0 Å². The minimum Gasteiger partial charge on any atom is -0.480 e. The van der Waals surface area contributed by atoms with E-state index >= 15 is 0 Å². The number of nitriles is 1. The number of benzene rings is 2. The Kier molecular flexibility index (Phi) is 4.50. The summed E-state index contributed by atoms with van der Waals surface area (Å²) in [5.41, 5.74) is 1.30. The molecule has 7 heteroatoms. The summed E-state index contributed by atoms with van der Waals surface area (Å²) in [7, 11) is 0. The van der Waals surface area contributed by atoms with Crippen LogP contribution in [-0.4, -0.2) is 20.2 Å². The Hall–Kier alpha value is -2.43. The average molecular weight is 372 g/mol. The normalized spacial score (nSPS) is 11.4. The van der Waals surface area contributed by atoms with E-state index < -0.39 is 16.5 Å². The van der Waals surface area contributed by atoms with Gasteiger partial charge in [-0.25, -0.2) is 4.39 Å². The first-order valence-electron chi connectivity index (χ1n) is 7.33. The van der Waals surface area contributed by atoms with E-state index in [-0.39, 0.29) is 5.56 Å². The quantitative estimate of drug-likeness (QED) is 0.657. The first-order valence-corrected chi connectivity index (χ1v) is 8.92. The zero-order valence-corrected chi connectivity index (χ0v) is 15.0. The van der Waals surface area contributed by atoms with Crippen molar-refractivity contribution in [2.45, 2.75) is 23.5 Å². The van der Waals surface area contributed by atoms with Gasteiger partial charge in [-0.15, -0.1) is 11.8 Å². The number of hydrogen-bond donors (Lipinski definition) is 1. The summed E-state index contributed by atoms with van der Waals surface area (Å²) >= 11 is 2.48. The molecule has 3 aromatic rings. The van der Waals surface area contributed by atoms with E-state index in [0.717, 1.165) is 20.5 Å². The van der Waals surface area contributed by atoms with E-state index in [9.17, 15) is 14.3 Å². The van der Waals surface area contributed by atoms with Crippen LogP contribution in [0.2, 0.25) is 0 Å². The van der Waals surface area contributed by atoms with Crippen LogP contribution in [0.25, 0.3) is 21.2 Å². The highest BCUT2D eigenvalue weighted by molar-refractivity contribution is 8.01. The number of fused-ring (bicyclic) bond motifs is 1. The third kappa shape index (κ3) is 3.23. The van der Waals surface area contributed by atoms with Crippen LogP contribution in [-0.2, 0) is 4.79 Å². The van der Waals surface area contributed by atoms with E-state index in [2.05, 4.69) is 4.37 Å². The molecule has 2 aromatic carbocycles. The van der Waals surface area contributed by atoms with Crippen LogP contribution in [0.1, 0.15) is 19.4 Å². The zero-order chi connectivity index (χ0) is 18.2. The van der Waals surface area contributed by atoms with Gasteiger partial charge in [-0.05, 0) is 49.1 Å². The first-order chi connectivity index (χ1) is 11.8. The Morgan fingerprint density at radius 3 is 2.76 bits per heavy atom. The van der Waals surface area contributed by atoms with Gasteiger partial charge in [-0.3, -0.25) is 4.79 Å². The van der Waals surface area contributed by atoms with E-state index in [4.69, 9.17) is 5.26 Å². The second-order valence-corrected chi connectivity index (χ2v) is 8.37. The van der Waals surface area contributed by atoms with Crippen LogP contribution in [0.5, 0.6) is 0 Å². The number of nitrogens with zero attached hydrogens (tertiary/aromatic N) is 2. The number of aromatic nitrogens is 1. The molecule has 1 aromatic heterocycles. The number of carboxylic acids is 1. The molecule has 0 bridgehead atoms. The molecule has 0 amide bonds. The molecule has 0 aliphatic rings. The van der Waals surface area contributed by atoms with Crippen molar-refractivity contribution >= 4 is 39.3 Å². The largest absolute Gasteiger partial charge is 0.480 e. The lowest BCUT2D eigenvalue weighted by molar-refractivity contribution is -0.138. The Labute approximate surface area is 152 Å². The molecule has 0 radical (unpaired) electrons. The summed E-state index contributed by atoms with van der Waals surface area (Å²) in [5.74, 6) is -1.53. The monoisotopic (exact) mass is 372 g/mol. The highest BCUT2D eigenvalue weighted by Gasteiger charge is 2.30. The van der Waals surface area contributed by atoms with Crippen LogP contribution in [0.4, 0.5) is 4.39 Å². The molecule has 0 aliphatic carbocycles. The molecule has 25 heavy (non-hydrogen) atoms. The SMILES string of the molecule is CC(C)(Sc1ccc2cnsc2c1-c1ccc(C#N)c(F)c1)C(=O)O. The van der Waals surface area contributed by atoms with Crippen LogP contribution < -0.4 is 0 Å². The highest BCUT2D eigenvalue weighted by atomic mass is 32.2. The molecule has 3 rings (SSSR count). The van der Waals surface area contributed by atoms with Gasteiger partial charge in [0.1, 0.15) is 16.6 Å². The number of thioether (sulfide) groups is 1. The van der Waals surface area contributed by atoms with Gasteiger partial charge >= 0.3 is 5.97 Å². The van der Waals surface area contributed by atoms with E-state index in [1.165, 1.54) is 35.4 Å². The van der Waals surface area contributed by atoms with Gasteiger partial charge in [0.2, 0.25) is 0 Å². The smallest absolute Gasteiger partial charge is 0.319 e. The molecule has 0 spiro atoms. The molecule has 0 aliphatic heterocycles. The third-order valence-electron chi connectivity index (χ3n) is 3.74. The predicted octanol–water partition coefficient (Wildman–Crippen LogP) is 4.93. The predicted molar refractivity (Wildman–Crippen MR) is 97.3 cm³/mol. The Morgan fingerprint density at radius 1 is 1.36 bits per heavy atom. The van der Waals surface area contributed by atoms with Gasteiger partial charge < -0.3 is 5.11 Å². The first kappa shape index (κ1) is 17.4. The van der Waals surface area contributed by atoms with Gasteiger partial charge in [0, 0.05) is 22.0 Å². The van der Waals surface area contributed by atoms with Crippen molar-refractivity contribution in [2.75, 3.05) is 0 Å². The van der Waals surface area contributed by atoms with E-state index in [1.807, 2.05) is 12.1 Å². The number of halogens is 1. The van der Waals surface area contributed by atoms with Crippen molar-refractivity contribution in [3.63, 3.8) is 0 Å². The minimum atomic E-state index is -1.04. The number of carbonyl (C=O) groups is 1. The van der Waals surface area contributed by atoms with Crippen molar-refractivity contribution in [1.29, 1.82) is 5.26 Å². The maximum absolute atomic E-state index is 14.1. The number of rotatable bonds is 4. The zero-order valence-electron chi connectivity index (χ0n) is 13.4. The van der Waals surface area contributed by atoms with Crippen molar-refractivity contribution < 1.29 is 14.3 Å². The average Bonchev–Trinajstić information content (AvgIpc) is 3.02. The number of hydrogen-bond acceptors (Lipinski definition) is 5. The molecule has 0 atom stereocenters. The van der Waals surface area contributed by atoms with Crippen molar-refractivity contribution in [3.8, 4) is 17.2 Å². The molecule has 126 valence electrons. The van der Waals surface area contributed by atoms with Gasteiger partial charge in [0.15, 0.2) is 0 Å². The third-order valence-corrected chi connectivity index (χ3v) is 5.82. The molecule has 4 nitrogen and oxygen atoms in total. The lowest BCUT2D eigenvalue weighted by Crippen LogP contribution is -2.27. The summed E-state index contributed by atoms with van der Waals surface area (Å²) in [6.45, 7) is 3.25. The summed E-state index contributed by atoms with van der Waals surface area (Å²) in [6, 6.07) is 9.93. The molecular formula is C18H13FN2O2S2. The van der Waals surface area contributed by atoms with Gasteiger partial charge in [-0.1, -0.05) is 12.1 Å². The second kappa shape index (κ2) is 6.47. The summed E-state index contributed by atoms with van der Waals surface area (Å²) in [4.78, 5) is 12.2. The van der Waals surface area contributed by atoms with Crippen LogP contribution in [0.15, 0.2) is 41.4 Å². The van der Waals surface area contributed by atoms with E-state index in [0.29, 0.717) is 5.56 Å². The molecule has 1 heterocycles. The van der Waals surface area contributed by atoms with Crippen LogP contribution >= 0.6 is 23.3 Å².